The maximum Gasteiger partial charge on any atom is 0.126 e. The first-order valence-corrected chi connectivity index (χ1v) is 6.56. The molecule has 0 bridgehead atoms. The van der Waals surface area contributed by atoms with Crippen molar-refractivity contribution in [2.45, 2.75) is 26.3 Å². The van der Waals surface area contributed by atoms with Gasteiger partial charge < -0.3 is 5.32 Å². The van der Waals surface area contributed by atoms with Gasteiger partial charge in [-0.1, -0.05) is 6.07 Å². The molecule has 0 fully saturated rings. The lowest BCUT2D eigenvalue weighted by molar-refractivity contribution is 0.559. The zero-order chi connectivity index (χ0) is 14.7. The molecule has 1 atom stereocenters. The van der Waals surface area contributed by atoms with Crippen molar-refractivity contribution in [3.63, 3.8) is 0 Å². The summed E-state index contributed by atoms with van der Waals surface area (Å²) < 4.78 is 26.5. The van der Waals surface area contributed by atoms with E-state index in [1.807, 2.05) is 33.0 Å². The third-order valence-corrected chi connectivity index (χ3v) is 3.35. The van der Waals surface area contributed by atoms with Crippen LogP contribution >= 0.6 is 0 Å². The number of nitrogens with one attached hydrogen (secondary N) is 1. The zero-order valence-corrected chi connectivity index (χ0v) is 11.9. The van der Waals surface area contributed by atoms with E-state index in [1.165, 1.54) is 12.1 Å². The Kier molecular flexibility index (Phi) is 4.45. The first-order chi connectivity index (χ1) is 9.49. The summed E-state index contributed by atoms with van der Waals surface area (Å²) in [4.78, 5) is 4.43. The Morgan fingerprint density at radius 1 is 1.10 bits per heavy atom. The van der Waals surface area contributed by atoms with Crippen LogP contribution in [0.2, 0.25) is 0 Å². The van der Waals surface area contributed by atoms with Crippen molar-refractivity contribution in [1.29, 1.82) is 0 Å². The second-order valence-electron chi connectivity index (χ2n) is 4.95. The molecule has 0 aliphatic rings. The van der Waals surface area contributed by atoms with Crippen molar-refractivity contribution in [1.82, 2.24) is 10.3 Å². The zero-order valence-electron chi connectivity index (χ0n) is 11.9. The van der Waals surface area contributed by atoms with Gasteiger partial charge in [-0.05, 0) is 56.6 Å². The molecule has 1 unspecified atom stereocenters. The van der Waals surface area contributed by atoms with E-state index in [2.05, 4.69) is 10.3 Å². The molecule has 0 radical (unpaired) electrons. The third kappa shape index (κ3) is 3.39. The summed E-state index contributed by atoms with van der Waals surface area (Å²) in [6, 6.07) is 7.54. The van der Waals surface area contributed by atoms with Gasteiger partial charge in [-0.2, -0.15) is 0 Å². The lowest BCUT2D eigenvalue weighted by Crippen LogP contribution is -2.20. The molecule has 1 N–H and O–H groups in total. The lowest BCUT2D eigenvalue weighted by Gasteiger charge is -2.19. The quantitative estimate of drug-likeness (QED) is 0.924. The minimum atomic E-state index is -0.548. The standard InChI is InChI=1S/C16H18F2N2/c1-10-4-5-15(11(2)20-10)16(19-3)8-12-6-13(17)9-14(18)7-12/h4-7,9,16,19H,8H2,1-3H3. The van der Waals surface area contributed by atoms with Crippen LogP contribution in [0.5, 0.6) is 0 Å². The van der Waals surface area contributed by atoms with E-state index in [0.717, 1.165) is 23.0 Å². The second-order valence-corrected chi connectivity index (χ2v) is 4.95. The number of nitrogens with zero attached hydrogens (tertiary/aromatic N) is 1. The Bertz CT molecular complexity index is 591. The Morgan fingerprint density at radius 2 is 1.75 bits per heavy atom. The molecule has 1 aromatic carbocycles. The molecule has 1 heterocycles. The number of hydrogen-bond donors (Lipinski definition) is 1. The SMILES string of the molecule is CNC(Cc1cc(F)cc(F)c1)c1ccc(C)nc1C. The molecule has 2 nitrogen and oxygen atoms in total. The summed E-state index contributed by atoms with van der Waals surface area (Å²) in [6.45, 7) is 3.88. The van der Waals surface area contributed by atoms with Crippen molar-refractivity contribution in [2.24, 2.45) is 0 Å². The van der Waals surface area contributed by atoms with E-state index in [1.54, 1.807) is 0 Å². The summed E-state index contributed by atoms with van der Waals surface area (Å²) >= 11 is 0. The normalized spacial score (nSPS) is 12.4. The second kappa shape index (κ2) is 6.09. The van der Waals surface area contributed by atoms with Crippen molar-refractivity contribution in [3.05, 3.63) is 64.5 Å². The van der Waals surface area contributed by atoms with Crippen molar-refractivity contribution in [3.8, 4) is 0 Å². The molecular weight excluding hydrogens is 258 g/mol. The molecule has 0 aliphatic carbocycles. The Balaban J connectivity index is 2.28. The first-order valence-electron chi connectivity index (χ1n) is 6.56. The monoisotopic (exact) mass is 276 g/mol. The van der Waals surface area contributed by atoms with Crippen LogP contribution in [0.3, 0.4) is 0 Å². The van der Waals surface area contributed by atoms with E-state index in [0.29, 0.717) is 12.0 Å². The highest BCUT2D eigenvalue weighted by Crippen LogP contribution is 2.22. The van der Waals surface area contributed by atoms with Gasteiger partial charge in [0.25, 0.3) is 0 Å². The molecule has 0 saturated carbocycles. The van der Waals surface area contributed by atoms with Gasteiger partial charge in [0.1, 0.15) is 11.6 Å². The van der Waals surface area contributed by atoms with Gasteiger partial charge in [-0.25, -0.2) is 8.78 Å². The van der Waals surface area contributed by atoms with Crippen LogP contribution in [0.25, 0.3) is 0 Å². The van der Waals surface area contributed by atoms with Gasteiger partial charge in [0.05, 0.1) is 0 Å². The predicted molar refractivity (Wildman–Crippen MR) is 75.6 cm³/mol. The minimum absolute atomic E-state index is 0.0238. The number of rotatable bonds is 4. The number of hydrogen-bond acceptors (Lipinski definition) is 2. The smallest absolute Gasteiger partial charge is 0.126 e. The highest BCUT2D eigenvalue weighted by Gasteiger charge is 2.14. The van der Waals surface area contributed by atoms with Crippen LogP contribution in [0.15, 0.2) is 30.3 Å². The number of aromatic nitrogens is 1. The minimum Gasteiger partial charge on any atom is -0.313 e. The molecular formula is C16H18F2N2. The highest BCUT2D eigenvalue weighted by molar-refractivity contribution is 5.28. The molecule has 0 aliphatic heterocycles. The van der Waals surface area contributed by atoms with Crippen LogP contribution < -0.4 is 5.32 Å². The lowest BCUT2D eigenvalue weighted by atomic mass is 9.97. The number of halogens is 2. The van der Waals surface area contributed by atoms with Crippen LogP contribution in [-0.2, 0) is 6.42 Å². The van der Waals surface area contributed by atoms with Gasteiger partial charge >= 0.3 is 0 Å². The Labute approximate surface area is 117 Å². The molecule has 2 rings (SSSR count). The summed E-state index contributed by atoms with van der Waals surface area (Å²) in [7, 11) is 1.83. The number of benzene rings is 1. The largest absolute Gasteiger partial charge is 0.313 e. The van der Waals surface area contributed by atoms with Gasteiger partial charge in [0.15, 0.2) is 0 Å². The average molecular weight is 276 g/mol. The van der Waals surface area contributed by atoms with E-state index < -0.39 is 11.6 Å². The Morgan fingerprint density at radius 3 is 2.30 bits per heavy atom. The van der Waals surface area contributed by atoms with Crippen LogP contribution in [0.1, 0.15) is 28.6 Å². The molecule has 0 spiro atoms. The maximum absolute atomic E-state index is 13.2. The van der Waals surface area contributed by atoms with Gasteiger partial charge in [0, 0.05) is 23.5 Å². The Hall–Kier alpha value is -1.81. The molecule has 20 heavy (non-hydrogen) atoms. The summed E-state index contributed by atoms with van der Waals surface area (Å²) in [6.07, 6.45) is 0.511. The molecule has 0 saturated heterocycles. The predicted octanol–water partition coefficient (Wildman–Crippen LogP) is 3.48. The summed E-state index contributed by atoms with van der Waals surface area (Å²) in [5, 5.41) is 3.18. The molecule has 1 aromatic heterocycles. The highest BCUT2D eigenvalue weighted by atomic mass is 19.1. The number of aryl methyl sites for hydroxylation is 2. The number of likely N-dealkylation sites (N-methyl/N-ethyl adjacent to an activating group) is 1. The molecule has 0 amide bonds. The number of pyridine rings is 1. The fourth-order valence-electron chi connectivity index (χ4n) is 2.40. The van der Waals surface area contributed by atoms with E-state index in [-0.39, 0.29) is 6.04 Å². The van der Waals surface area contributed by atoms with Crippen molar-refractivity contribution < 1.29 is 8.78 Å². The van der Waals surface area contributed by atoms with Crippen LogP contribution in [0.4, 0.5) is 8.78 Å². The fraction of sp³-hybridized carbons (Fsp3) is 0.312. The van der Waals surface area contributed by atoms with Crippen LogP contribution in [0, 0.1) is 25.5 Å². The fourth-order valence-corrected chi connectivity index (χ4v) is 2.40. The summed E-state index contributed by atoms with van der Waals surface area (Å²) in [5.74, 6) is -1.10. The van der Waals surface area contributed by atoms with Gasteiger partial charge in [-0.3, -0.25) is 4.98 Å². The maximum atomic E-state index is 13.2. The van der Waals surface area contributed by atoms with Gasteiger partial charge in [-0.15, -0.1) is 0 Å². The average Bonchev–Trinajstić information content (AvgIpc) is 2.35. The van der Waals surface area contributed by atoms with E-state index in [9.17, 15) is 8.78 Å². The molecule has 2 aromatic rings. The third-order valence-electron chi connectivity index (χ3n) is 3.35. The van der Waals surface area contributed by atoms with Crippen molar-refractivity contribution in [2.75, 3.05) is 7.05 Å². The van der Waals surface area contributed by atoms with Crippen molar-refractivity contribution >= 4 is 0 Å². The topological polar surface area (TPSA) is 24.9 Å². The van der Waals surface area contributed by atoms with E-state index in [4.69, 9.17) is 0 Å². The van der Waals surface area contributed by atoms with E-state index >= 15 is 0 Å². The first kappa shape index (κ1) is 14.6. The molecule has 106 valence electrons. The van der Waals surface area contributed by atoms with Gasteiger partial charge in [0.2, 0.25) is 0 Å². The van der Waals surface area contributed by atoms with Crippen LogP contribution in [-0.4, -0.2) is 12.0 Å². The molecule has 4 heteroatoms. The summed E-state index contributed by atoms with van der Waals surface area (Å²) in [5.41, 5.74) is 3.56.